The van der Waals surface area contributed by atoms with E-state index in [2.05, 4.69) is 15.3 Å². The van der Waals surface area contributed by atoms with E-state index in [-0.39, 0.29) is 0 Å². The molecule has 0 bridgehead atoms. The Kier molecular flexibility index (Phi) is 4.27. The zero-order valence-corrected chi connectivity index (χ0v) is 10.3. The predicted molar refractivity (Wildman–Crippen MR) is 67.2 cm³/mol. The van der Waals surface area contributed by atoms with Crippen molar-refractivity contribution >= 4 is 17.6 Å². The number of nitrogens with zero attached hydrogens (tertiary/aromatic N) is 2. The quantitative estimate of drug-likeness (QED) is 0.853. The third-order valence-corrected chi connectivity index (χ3v) is 3.87. The molecule has 0 amide bonds. The van der Waals surface area contributed by atoms with Crippen LogP contribution in [0.3, 0.4) is 0 Å². The van der Waals surface area contributed by atoms with Gasteiger partial charge in [0, 0.05) is 17.9 Å². The minimum atomic E-state index is 0.634. The predicted octanol–water partition coefficient (Wildman–Crippen LogP) is 2.18. The van der Waals surface area contributed by atoms with Crippen LogP contribution in [-0.2, 0) is 0 Å². The van der Waals surface area contributed by atoms with Gasteiger partial charge in [-0.1, -0.05) is 0 Å². The van der Waals surface area contributed by atoms with Gasteiger partial charge in [-0.2, -0.15) is 11.8 Å². The van der Waals surface area contributed by atoms with Gasteiger partial charge in [0.15, 0.2) is 0 Å². The molecule has 1 aliphatic heterocycles. The molecule has 2 heterocycles. The molecule has 16 heavy (non-hydrogen) atoms. The lowest BCUT2D eigenvalue weighted by Gasteiger charge is -2.10. The minimum Gasteiger partial charge on any atom is -0.478 e. The number of ether oxygens (including phenoxy) is 1. The number of thioether (sulfide) groups is 1. The van der Waals surface area contributed by atoms with Crippen LogP contribution >= 0.6 is 11.8 Å². The maximum atomic E-state index is 5.32. The van der Waals surface area contributed by atoms with Crippen molar-refractivity contribution in [3.63, 3.8) is 0 Å². The molecule has 2 rings (SSSR count). The van der Waals surface area contributed by atoms with Crippen LogP contribution in [0.5, 0.6) is 5.88 Å². The summed E-state index contributed by atoms with van der Waals surface area (Å²) in [5, 5.41) is 4.06. The molecular formula is C11H17N3OS. The number of hydrogen-bond acceptors (Lipinski definition) is 5. The highest BCUT2D eigenvalue weighted by Gasteiger charge is 2.15. The first-order chi connectivity index (χ1) is 7.88. The molecule has 5 heteroatoms. The van der Waals surface area contributed by atoms with Crippen molar-refractivity contribution in [2.45, 2.75) is 25.0 Å². The summed E-state index contributed by atoms with van der Waals surface area (Å²) in [7, 11) is 0. The van der Waals surface area contributed by atoms with E-state index < -0.39 is 0 Å². The molecule has 0 spiro atoms. The largest absolute Gasteiger partial charge is 0.478 e. The summed E-state index contributed by atoms with van der Waals surface area (Å²) in [5.41, 5.74) is 0. The first-order valence-electron chi connectivity index (χ1n) is 5.69. The fraction of sp³-hybridized carbons (Fsp3) is 0.636. The number of hydrogen-bond donors (Lipinski definition) is 1. The molecule has 0 aliphatic carbocycles. The summed E-state index contributed by atoms with van der Waals surface area (Å²) >= 11 is 2.04. The van der Waals surface area contributed by atoms with Gasteiger partial charge in [0.1, 0.15) is 12.1 Å². The van der Waals surface area contributed by atoms with E-state index in [4.69, 9.17) is 4.74 Å². The van der Waals surface area contributed by atoms with Crippen molar-refractivity contribution in [1.29, 1.82) is 0 Å². The summed E-state index contributed by atoms with van der Waals surface area (Å²) in [6, 6.07) is 1.85. The van der Waals surface area contributed by atoms with E-state index in [1.54, 1.807) is 0 Å². The van der Waals surface area contributed by atoms with Gasteiger partial charge in [0.05, 0.1) is 6.61 Å². The van der Waals surface area contributed by atoms with Crippen LogP contribution < -0.4 is 10.1 Å². The monoisotopic (exact) mass is 239 g/mol. The number of aromatic nitrogens is 2. The molecule has 1 aromatic heterocycles. The molecule has 1 atom stereocenters. The molecule has 1 saturated heterocycles. The van der Waals surface area contributed by atoms with Crippen molar-refractivity contribution in [2.24, 2.45) is 0 Å². The van der Waals surface area contributed by atoms with Gasteiger partial charge in [0.25, 0.3) is 0 Å². The van der Waals surface area contributed by atoms with Gasteiger partial charge >= 0.3 is 0 Å². The standard InChI is InChI=1S/C11H17N3OS/c1-2-15-11-6-10(13-8-14-11)12-7-9-4-3-5-16-9/h6,8-9H,2-5,7H2,1H3,(H,12,13,14). The zero-order valence-electron chi connectivity index (χ0n) is 9.48. The number of nitrogens with one attached hydrogen (secondary N) is 1. The molecule has 4 nitrogen and oxygen atoms in total. The lowest BCUT2D eigenvalue weighted by Crippen LogP contribution is -2.14. The van der Waals surface area contributed by atoms with Crippen molar-refractivity contribution in [3.05, 3.63) is 12.4 Å². The second-order valence-electron chi connectivity index (χ2n) is 3.69. The van der Waals surface area contributed by atoms with Gasteiger partial charge in [-0.25, -0.2) is 9.97 Å². The lowest BCUT2D eigenvalue weighted by molar-refractivity contribution is 0.326. The zero-order chi connectivity index (χ0) is 11.2. The summed E-state index contributed by atoms with van der Waals surface area (Å²) in [4.78, 5) is 8.20. The van der Waals surface area contributed by atoms with Crippen LogP contribution in [0, 0.1) is 0 Å². The van der Waals surface area contributed by atoms with Crippen LogP contribution in [0.15, 0.2) is 12.4 Å². The Morgan fingerprint density at radius 3 is 3.25 bits per heavy atom. The first-order valence-corrected chi connectivity index (χ1v) is 6.73. The van der Waals surface area contributed by atoms with E-state index in [1.807, 2.05) is 24.8 Å². The van der Waals surface area contributed by atoms with Gasteiger partial charge < -0.3 is 10.1 Å². The Labute approximate surface area is 100 Å². The van der Waals surface area contributed by atoms with Crippen LogP contribution in [0.25, 0.3) is 0 Å². The maximum absolute atomic E-state index is 5.32. The van der Waals surface area contributed by atoms with Gasteiger partial charge in [-0.15, -0.1) is 0 Å². The smallest absolute Gasteiger partial charge is 0.218 e. The Hall–Kier alpha value is -0.970. The van der Waals surface area contributed by atoms with Crippen molar-refractivity contribution in [1.82, 2.24) is 9.97 Å². The summed E-state index contributed by atoms with van der Waals surface area (Å²) in [6.07, 6.45) is 4.18. The lowest BCUT2D eigenvalue weighted by atomic mass is 10.2. The second-order valence-corrected chi connectivity index (χ2v) is 5.10. The normalized spacial score (nSPS) is 19.7. The Bertz CT molecular complexity index is 329. The third-order valence-electron chi connectivity index (χ3n) is 2.47. The SMILES string of the molecule is CCOc1cc(NCC2CCCS2)ncn1. The summed E-state index contributed by atoms with van der Waals surface area (Å²) < 4.78 is 5.32. The Balaban J connectivity index is 1.85. The molecule has 88 valence electrons. The van der Waals surface area contributed by atoms with E-state index in [1.165, 1.54) is 24.9 Å². The van der Waals surface area contributed by atoms with E-state index >= 15 is 0 Å². The van der Waals surface area contributed by atoms with Crippen molar-refractivity contribution in [2.75, 3.05) is 24.2 Å². The highest BCUT2D eigenvalue weighted by molar-refractivity contribution is 8.00. The molecule has 1 aromatic rings. The molecule has 1 unspecified atom stereocenters. The summed E-state index contributed by atoms with van der Waals surface area (Å²) in [5.74, 6) is 2.78. The molecule has 0 aromatic carbocycles. The second kappa shape index (κ2) is 5.94. The fourth-order valence-corrected chi connectivity index (χ4v) is 2.89. The molecule has 1 N–H and O–H groups in total. The van der Waals surface area contributed by atoms with Gasteiger partial charge in [0.2, 0.25) is 5.88 Å². The Morgan fingerprint density at radius 2 is 2.50 bits per heavy atom. The first kappa shape index (κ1) is 11.5. The topological polar surface area (TPSA) is 47.0 Å². The van der Waals surface area contributed by atoms with Crippen LogP contribution in [0.2, 0.25) is 0 Å². The average molecular weight is 239 g/mol. The van der Waals surface area contributed by atoms with Crippen LogP contribution in [-0.4, -0.2) is 34.1 Å². The highest BCUT2D eigenvalue weighted by Crippen LogP contribution is 2.26. The van der Waals surface area contributed by atoms with Crippen LogP contribution in [0.4, 0.5) is 5.82 Å². The molecular weight excluding hydrogens is 222 g/mol. The molecule has 0 saturated carbocycles. The van der Waals surface area contributed by atoms with Gasteiger partial charge in [-0.05, 0) is 25.5 Å². The van der Waals surface area contributed by atoms with E-state index in [9.17, 15) is 0 Å². The van der Waals surface area contributed by atoms with E-state index in [0.29, 0.717) is 12.5 Å². The number of anilines is 1. The van der Waals surface area contributed by atoms with Crippen molar-refractivity contribution < 1.29 is 4.74 Å². The third kappa shape index (κ3) is 3.27. The summed E-state index contributed by atoms with van der Waals surface area (Å²) in [6.45, 7) is 3.56. The molecule has 1 aliphatic rings. The van der Waals surface area contributed by atoms with E-state index in [0.717, 1.165) is 17.6 Å². The minimum absolute atomic E-state index is 0.634. The molecule has 1 fully saturated rings. The fourth-order valence-electron chi connectivity index (χ4n) is 1.69. The maximum Gasteiger partial charge on any atom is 0.218 e. The molecule has 0 radical (unpaired) electrons. The average Bonchev–Trinajstić information content (AvgIpc) is 2.80. The van der Waals surface area contributed by atoms with Crippen LogP contribution in [0.1, 0.15) is 19.8 Å². The highest BCUT2D eigenvalue weighted by atomic mass is 32.2. The van der Waals surface area contributed by atoms with Crippen molar-refractivity contribution in [3.8, 4) is 5.88 Å². The Morgan fingerprint density at radius 1 is 1.56 bits per heavy atom. The van der Waals surface area contributed by atoms with Gasteiger partial charge in [-0.3, -0.25) is 0 Å². The number of rotatable bonds is 5.